The van der Waals surface area contributed by atoms with Crippen LogP contribution in [-0.4, -0.2) is 40.7 Å². The average Bonchev–Trinajstić information content (AvgIpc) is 2.81. The Labute approximate surface area is 180 Å². The summed E-state index contributed by atoms with van der Waals surface area (Å²) in [7, 11) is 0. The number of fused-ring (bicyclic) bond motifs is 1. The van der Waals surface area contributed by atoms with Crippen molar-refractivity contribution in [3.05, 3.63) is 82.8 Å². The lowest BCUT2D eigenvalue weighted by Gasteiger charge is -2.29. The van der Waals surface area contributed by atoms with E-state index >= 15 is 0 Å². The number of aryl methyl sites for hydroxylation is 1. The highest BCUT2D eigenvalue weighted by atomic mass is 16.1. The van der Waals surface area contributed by atoms with E-state index in [2.05, 4.69) is 32.7 Å². The van der Waals surface area contributed by atoms with Crippen molar-refractivity contribution in [1.29, 1.82) is 0 Å². The van der Waals surface area contributed by atoms with Crippen molar-refractivity contribution < 1.29 is 0 Å². The molecule has 2 aromatic heterocycles. The summed E-state index contributed by atoms with van der Waals surface area (Å²) in [6, 6.07) is 19.5. The van der Waals surface area contributed by atoms with Crippen LogP contribution in [0.2, 0.25) is 0 Å². The topological polar surface area (TPSA) is 75.1 Å². The molecule has 31 heavy (non-hydrogen) atoms. The Hall–Kier alpha value is -3.71. The van der Waals surface area contributed by atoms with E-state index in [0.717, 1.165) is 48.5 Å². The number of nitrogens with one attached hydrogen (secondary N) is 2. The first-order valence-electron chi connectivity index (χ1n) is 10.5. The predicted molar refractivity (Wildman–Crippen MR) is 125 cm³/mol. The quantitative estimate of drug-likeness (QED) is 0.536. The van der Waals surface area contributed by atoms with Crippen molar-refractivity contribution in [2.45, 2.75) is 6.92 Å². The number of pyridine rings is 1. The van der Waals surface area contributed by atoms with Crippen LogP contribution in [0.3, 0.4) is 0 Å². The first-order chi connectivity index (χ1) is 15.2. The summed E-state index contributed by atoms with van der Waals surface area (Å²) in [5.41, 5.74) is 4.23. The maximum atomic E-state index is 12.8. The molecule has 0 saturated carbocycles. The van der Waals surface area contributed by atoms with Gasteiger partial charge in [-0.3, -0.25) is 9.36 Å². The molecule has 7 nitrogen and oxygen atoms in total. The van der Waals surface area contributed by atoms with Crippen LogP contribution in [0.25, 0.3) is 16.7 Å². The summed E-state index contributed by atoms with van der Waals surface area (Å²) < 4.78 is 1.63. The number of benzene rings is 2. The van der Waals surface area contributed by atoms with E-state index in [0.29, 0.717) is 11.6 Å². The van der Waals surface area contributed by atoms with E-state index in [9.17, 15) is 4.79 Å². The summed E-state index contributed by atoms with van der Waals surface area (Å²) in [5.74, 6) is 0.456. The van der Waals surface area contributed by atoms with Crippen LogP contribution >= 0.6 is 0 Å². The van der Waals surface area contributed by atoms with Gasteiger partial charge < -0.3 is 15.5 Å². The molecule has 1 saturated heterocycles. The molecule has 1 aliphatic heterocycles. The van der Waals surface area contributed by atoms with Gasteiger partial charge in [0, 0.05) is 55.2 Å². The first kappa shape index (κ1) is 19.3. The first-order valence-corrected chi connectivity index (χ1v) is 10.5. The molecule has 0 unspecified atom stereocenters. The van der Waals surface area contributed by atoms with Gasteiger partial charge in [0.1, 0.15) is 0 Å². The van der Waals surface area contributed by atoms with E-state index in [1.165, 1.54) is 5.69 Å². The van der Waals surface area contributed by atoms with Crippen molar-refractivity contribution >= 4 is 28.4 Å². The zero-order valence-corrected chi connectivity index (χ0v) is 17.4. The van der Waals surface area contributed by atoms with Crippen LogP contribution in [0.15, 0.2) is 71.7 Å². The highest BCUT2D eigenvalue weighted by Gasteiger charge is 2.13. The van der Waals surface area contributed by atoms with E-state index in [1.54, 1.807) is 16.8 Å². The minimum Gasteiger partial charge on any atom is -0.369 e. The normalized spacial score (nSPS) is 14.0. The average molecular weight is 412 g/mol. The third-order valence-electron chi connectivity index (χ3n) is 5.59. The summed E-state index contributed by atoms with van der Waals surface area (Å²) in [4.78, 5) is 24.3. The van der Waals surface area contributed by atoms with Gasteiger partial charge in [-0.15, -0.1) is 0 Å². The molecule has 5 rings (SSSR count). The Morgan fingerprint density at radius 3 is 2.45 bits per heavy atom. The fourth-order valence-electron chi connectivity index (χ4n) is 3.95. The number of piperazine rings is 1. The largest absolute Gasteiger partial charge is 0.369 e. The second kappa shape index (κ2) is 8.20. The van der Waals surface area contributed by atoms with E-state index < -0.39 is 0 Å². The molecule has 0 radical (unpaired) electrons. The molecule has 4 aromatic rings. The lowest BCUT2D eigenvalue weighted by molar-refractivity contribution is 0.589. The smallest absolute Gasteiger partial charge is 0.257 e. The van der Waals surface area contributed by atoms with Crippen molar-refractivity contribution in [1.82, 2.24) is 19.9 Å². The Kier molecular flexibility index (Phi) is 5.09. The third kappa shape index (κ3) is 3.87. The molecule has 3 heterocycles. The lowest BCUT2D eigenvalue weighted by atomic mass is 10.2. The number of para-hydroxylation sites is 1. The van der Waals surface area contributed by atoms with E-state index in [4.69, 9.17) is 4.98 Å². The molecule has 156 valence electrons. The number of anilines is 3. The standard InChI is InChI=1S/C24H24N6O/c1-17-15-22(31)30(20-5-3-2-4-6-20)23-21(17)16-26-24(28-23)27-18-7-9-19(10-8-18)29-13-11-25-12-14-29/h2-10,15-16,25H,11-14H2,1H3,(H,26,27,28). The highest BCUT2D eigenvalue weighted by molar-refractivity contribution is 5.81. The third-order valence-corrected chi connectivity index (χ3v) is 5.59. The minimum absolute atomic E-state index is 0.110. The molecular weight excluding hydrogens is 388 g/mol. The van der Waals surface area contributed by atoms with Crippen molar-refractivity contribution in [2.75, 3.05) is 36.4 Å². The van der Waals surface area contributed by atoms with Gasteiger partial charge in [0.15, 0.2) is 5.65 Å². The van der Waals surface area contributed by atoms with Crippen LogP contribution in [0, 0.1) is 6.92 Å². The fraction of sp³-hybridized carbons (Fsp3) is 0.208. The molecular formula is C24H24N6O. The number of rotatable bonds is 4. The molecule has 0 atom stereocenters. The Morgan fingerprint density at radius 2 is 1.71 bits per heavy atom. The van der Waals surface area contributed by atoms with Crippen molar-refractivity contribution in [3.63, 3.8) is 0 Å². The van der Waals surface area contributed by atoms with Crippen molar-refractivity contribution in [3.8, 4) is 5.69 Å². The molecule has 7 heteroatoms. The van der Waals surface area contributed by atoms with Crippen LogP contribution in [0.1, 0.15) is 5.56 Å². The minimum atomic E-state index is -0.110. The zero-order valence-electron chi connectivity index (χ0n) is 17.4. The van der Waals surface area contributed by atoms with Crippen molar-refractivity contribution in [2.24, 2.45) is 0 Å². The van der Waals surface area contributed by atoms with Gasteiger partial charge in [0.2, 0.25) is 5.95 Å². The Morgan fingerprint density at radius 1 is 0.968 bits per heavy atom. The highest BCUT2D eigenvalue weighted by Crippen LogP contribution is 2.22. The molecule has 1 fully saturated rings. The number of nitrogens with zero attached hydrogens (tertiary/aromatic N) is 4. The van der Waals surface area contributed by atoms with Crippen LogP contribution < -0.4 is 21.1 Å². The lowest BCUT2D eigenvalue weighted by Crippen LogP contribution is -2.43. The van der Waals surface area contributed by atoms with Gasteiger partial charge >= 0.3 is 0 Å². The van der Waals surface area contributed by atoms with Crippen LogP contribution in [0.5, 0.6) is 0 Å². The second-order valence-electron chi connectivity index (χ2n) is 7.68. The fourth-order valence-corrected chi connectivity index (χ4v) is 3.95. The zero-order chi connectivity index (χ0) is 21.2. The van der Waals surface area contributed by atoms with Crippen LogP contribution in [-0.2, 0) is 0 Å². The summed E-state index contributed by atoms with van der Waals surface area (Å²) >= 11 is 0. The molecule has 0 amide bonds. The molecule has 1 aliphatic rings. The van der Waals surface area contributed by atoms with Gasteiger partial charge in [-0.2, -0.15) is 4.98 Å². The monoisotopic (exact) mass is 412 g/mol. The summed E-state index contributed by atoms with van der Waals surface area (Å²) in [5, 5.41) is 7.50. The van der Waals surface area contributed by atoms with Gasteiger partial charge in [0.25, 0.3) is 5.56 Å². The molecule has 0 spiro atoms. The molecule has 0 aliphatic carbocycles. The van der Waals surface area contributed by atoms with Gasteiger partial charge in [-0.25, -0.2) is 4.98 Å². The van der Waals surface area contributed by atoms with Gasteiger partial charge in [0.05, 0.1) is 5.69 Å². The van der Waals surface area contributed by atoms with Gasteiger partial charge in [-0.05, 0) is 48.9 Å². The maximum absolute atomic E-state index is 12.8. The molecule has 0 bridgehead atoms. The maximum Gasteiger partial charge on any atom is 0.257 e. The SMILES string of the molecule is Cc1cc(=O)n(-c2ccccc2)c2nc(Nc3ccc(N4CCNCC4)cc3)ncc12. The Balaban J connectivity index is 1.49. The molecule has 2 aromatic carbocycles. The number of hydrogen-bond donors (Lipinski definition) is 2. The number of aromatic nitrogens is 3. The number of hydrogen-bond acceptors (Lipinski definition) is 6. The summed E-state index contributed by atoms with van der Waals surface area (Å²) in [6.45, 7) is 5.94. The Bertz CT molecular complexity index is 1260. The second-order valence-corrected chi connectivity index (χ2v) is 7.68. The predicted octanol–water partition coefficient (Wildman–Crippen LogP) is 3.24. The van der Waals surface area contributed by atoms with Gasteiger partial charge in [-0.1, -0.05) is 18.2 Å². The van der Waals surface area contributed by atoms with E-state index in [1.807, 2.05) is 49.4 Å². The summed E-state index contributed by atoms with van der Waals surface area (Å²) in [6.07, 6.45) is 1.77. The van der Waals surface area contributed by atoms with E-state index in [-0.39, 0.29) is 5.56 Å². The van der Waals surface area contributed by atoms with Crippen LogP contribution in [0.4, 0.5) is 17.3 Å². The molecule has 2 N–H and O–H groups in total.